The van der Waals surface area contributed by atoms with Gasteiger partial charge in [0.15, 0.2) is 0 Å². The SMILES string of the molecule is Cc1nc(C(=O)NC2(C(=O)O)CCC(C)CC2)nn1-c1ccc(F)cc1. The molecule has 1 aliphatic carbocycles. The summed E-state index contributed by atoms with van der Waals surface area (Å²) >= 11 is 0. The molecule has 138 valence electrons. The van der Waals surface area contributed by atoms with E-state index in [1.807, 2.05) is 0 Å². The topological polar surface area (TPSA) is 97.1 Å². The van der Waals surface area contributed by atoms with Crippen LogP contribution in [-0.2, 0) is 4.79 Å². The second kappa shape index (κ2) is 6.86. The molecular weight excluding hydrogens is 339 g/mol. The third kappa shape index (κ3) is 3.44. The molecule has 1 aliphatic rings. The van der Waals surface area contributed by atoms with E-state index in [2.05, 4.69) is 22.3 Å². The van der Waals surface area contributed by atoms with Crippen molar-refractivity contribution in [1.82, 2.24) is 20.1 Å². The van der Waals surface area contributed by atoms with Gasteiger partial charge in [-0.15, -0.1) is 5.10 Å². The van der Waals surface area contributed by atoms with Crippen molar-refractivity contribution in [2.24, 2.45) is 5.92 Å². The summed E-state index contributed by atoms with van der Waals surface area (Å²) in [5, 5.41) is 16.4. The minimum absolute atomic E-state index is 0.105. The van der Waals surface area contributed by atoms with Gasteiger partial charge in [-0.2, -0.15) is 0 Å². The van der Waals surface area contributed by atoms with Crippen molar-refractivity contribution in [3.8, 4) is 5.69 Å². The molecule has 0 bridgehead atoms. The maximum atomic E-state index is 13.1. The second-order valence-corrected chi connectivity index (χ2v) is 6.89. The zero-order valence-corrected chi connectivity index (χ0v) is 14.7. The number of carbonyl (C=O) groups excluding carboxylic acids is 1. The summed E-state index contributed by atoms with van der Waals surface area (Å²) in [6.45, 7) is 3.74. The van der Waals surface area contributed by atoms with Gasteiger partial charge in [-0.05, 0) is 62.8 Å². The minimum Gasteiger partial charge on any atom is -0.480 e. The van der Waals surface area contributed by atoms with E-state index in [-0.39, 0.29) is 11.6 Å². The maximum Gasteiger partial charge on any atom is 0.329 e. The third-order valence-electron chi connectivity index (χ3n) is 4.93. The van der Waals surface area contributed by atoms with Crippen LogP contribution < -0.4 is 5.32 Å². The number of aromatic nitrogens is 3. The highest BCUT2D eigenvalue weighted by molar-refractivity contribution is 5.95. The lowest BCUT2D eigenvalue weighted by atomic mass is 9.77. The summed E-state index contributed by atoms with van der Waals surface area (Å²) in [4.78, 5) is 28.5. The third-order valence-corrected chi connectivity index (χ3v) is 4.93. The summed E-state index contributed by atoms with van der Waals surface area (Å²) in [7, 11) is 0. The van der Waals surface area contributed by atoms with Gasteiger partial charge < -0.3 is 10.4 Å². The molecule has 1 aromatic heterocycles. The average molecular weight is 360 g/mol. The number of carboxylic acids is 1. The molecule has 0 unspecified atom stereocenters. The quantitative estimate of drug-likeness (QED) is 0.873. The normalized spacial score (nSPS) is 22.8. The van der Waals surface area contributed by atoms with Crippen LogP contribution in [0.1, 0.15) is 49.1 Å². The Morgan fingerprint density at radius 3 is 2.46 bits per heavy atom. The minimum atomic E-state index is -1.28. The van der Waals surface area contributed by atoms with Crippen LogP contribution in [0.2, 0.25) is 0 Å². The lowest BCUT2D eigenvalue weighted by molar-refractivity contribution is -0.146. The van der Waals surface area contributed by atoms with Crippen LogP contribution in [0, 0.1) is 18.7 Å². The molecule has 1 heterocycles. The first kappa shape index (κ1) is 18.0. The van der Waals surface area contributed by atoms with Crippen LogP contribution in [0.15, 0.2) is 24.3 Å². The van der Waals surface area contributed by atoms with Crippen LogP contribution in [0.4, 0.5) is 4.39 Å². The van der Waals surface area contributed by atoms with E-state index >= 15 is 0 Å². The Morgan fingerprint density at radius 2 is 1.88 bits per heavy atom. The van der Waals surface area contributed by atoms with Gasteiger partial charge in [-0.25, -0.2) is 18.9 Å². The molecule has 0 atom stereocenters. The number of benzene rings is 1. The molecule has 1 fully saturated rings. The van der Waals surface area contributed by atoms with Crippen LogP contribution in [-0.4, -0.2) is 37.3 Å². The Morgan fingerprint density at radius 1 is 1.27 bits per heavy atom. The van der Waals surface area contributed by atoms with Crippen molar-refractivity contribution in [3.05, 3.63) is 41.7 Å². The number of aliphatic carboxylic acids is 1. The molecule has 3 rings (SSSR count). The van der Waals surface area contributed by atoms with Crippen molar-refractivity contribution in [3.63, 3.8) is 0 Å². The highest BCUT2D eigenvalue weighted by Gasteiger charge is 2.43. The Labute approximate surface area is 150 Å². The number of carboxylic acid groups (broad SMARTS) is 1. The van der Waals surface area contributed by atoms with Crippen molar-refractivity contribution in [2.45, 2.75) is 45.1 Å². The number of amides is 1. The van der Waals surface area contributed by atoms with Crippen LogP contribution in [0.5, 0.6) is 0 Å². The number of rotatable bonds is 4. The first-order valence-corrected chi connectivity index (χ1v) is 8.56. The molecule has 1 amide bonds. The van der Waals surface area contributed by atoms with Gasteiger partial charge in [-0.1, -0.05) is 6.92 Å². The molecule has 8 heteroatoms. The van der Waals surface area contributed by atoms with Gasteiger partial charge in [0.25, 0.3) is 5.91 Å². The van der Waals surface area contributed by atoms with Crippen molar-refractivity contribution in [2.75, 3.05) is 0 Å². The van der Waals surface area contributed by atoms with E-state index < -0.39 is 17.4 Å². The van der Waals surface area contributed by atoms with E-state index in [4.69, 9.17) is 0 Å². The number of nitrogens with zero attached hydrogens (tertiary/aromatic N) is 3. The molecule has 1 aromatic carbocycles. The molecular formula is C18H21FN4O3. The van der Waals surface area contributed by atoms with Crippen molar-refractivity contribution in [1.29, 1.82) is 0 Å². The molecule has 26 heavy (non-hydrogen) atoms. The number of carbonyl (C=O) groups is 2. The zero-order valence-electron chi connectivity index (χ0n) is 14.7. The Hall–Kier alpha value is -2.77. The lowest BCUT2D eigenvalue weighted by Gasteiger charge is -2.36. The summed E-state index contributed by atoms with van der Waals surface area (Å²) < 4.78 is 14.5. The highest BCUT2D eigenvalue weighted by Crippen LogP contribution is 2.32. The fourth-order valence-corrected chi connectivity index (χ4v) is 3.23. The first-order chi connectivity index (χ1) is 12.3. The Bertz CT molecular complexity index is 823. The molecule has 7 nitrogen and oxygen atoms in total. The summed E-state index contributed by atoms with van der Waals surface area (Å²) in [5.74, 6) is -1.25. The van der Waals surface area contributed by atoms with Gasteiger partial charge in [0, 0.05) is 0 Å². The highest BCUT2D eigenvalue weighted by atomic mass is 19.1. The molecule has 1 saturated carbocycles. The number of hydrogen-bond donors (Lipinski definition) is 2. The van der Waals surface area contributed by atoms with E-state index in [0.717, 1.165) is 12.8 Å². The fourth-order valence-electron chi connectivity index (χ4n) is 3.23. The van der Waals surface area contributed by atoms with E-state index in [0.29, 0.717) is 30.3 Å². The van der Waals surface area contributed by atoms with Gasteiger partial charge in [0.1, 0.15) is 17.2 Å². The molecule has 2 aromatic rings. The average Bonchev–Trinajstić information content (AvgIpc) is 2.99. The Kier molecular flexibility index (Phi) is 4.76. The van der Waals surface area contributed by atoms with E-state index in [9.17, 15) is 19.1 Å². The largest absolute Gasteiger partial charge is 0.480 e. The van der Waals surface area contributed by atoms with Crippen LogP contribution in [0.3, 0.4) is 0 Å². The number of nitrogens with one attached hydrogen (secondary N) is 1. The zero-order chi connectivity index (χ0) is 18.9. The van der Waals surface area contributed by atoms with E-state index in [1.54, 1.807) is 6.92 Å². The second-order valence-electron chi connectivity index (χ2n) is 6.89. The Balaban J connectivity index is 1.83. The van der Waals surface area contributed by atoms with Crippen molar-refractivity contribution < 1.29 is 19.1 Å². The summed E-state index contributed by atoms with van der Waals surface area (Å²) in [5.41, 5.74) is -0.714. The summed E-state index contributed by atoms with van der Waals surface area (Å²) in [6.07, 6.45) is 2.24. The molecule has 0 spiro atoms. The smallest absolute Gasteiger partial charge is 0.329 e. The fraction of sp³-hybridized carbons (Fsp3) is 0.444. The lowest BCUT2D eigenvalue weighted by Crippen LogP contribution is -2.56. The van der Waals surface area contributed by atoms with Crippen LogP contribution >= 0.6 is 0 Å². The van der Waals surface area contributed by atoms with Gasteiger partial charge in [0.05, 0.1) is 5.69 Å². The van der Waals surface area contributed by atoms with E-state index in [1.165, 1.54) is 28.9 Å². The number of hydrogen-bond acceptors (Lipinski definition) is 4. The maximum absolute atomic E-state index is 13.1. The number of halogens is 1. The number of aryl methyl sites for hydroxylation is 1. The molecule has 0 saturated heterocycles. The first-order valence-electron chi connectivity index (χ1n) is 8.56. The molecule has 0 aliphatic heterocycles. The van der Waals surface area contributed by atoms with Crippen molar-refractivity contribution >= 4 is 11.9 Å². The predicted octanol–water partition coefficient (Wildman–Crippen LogP) is 2.48. The molecule has 0 radical (unpaired) electrons. The molecule has 2 N–H and O–H groups in total. The standard InChI is InChI=1S/C18H21FN4O3/c1-11-7-9-18(10-8-11,17(25)26)21-16(24)15-20-12(2)23(22-15)14-5-3-13(19)4-6-14/h3-6,11H,7-10H2,1-2H3,(H,21,24)(H,25,26). The van der Waals surface area contributed by atoms with Gasteiger partial charge in [-0.3, -0.25) is 4.79 Å². The van der Waals surface area contributed by atoms with Crippen LogP contribution in [0.25, 0.3) is 5.69 Å². The predicted molar refractivity (Wildman–Crippen MR) is 91.5 cm³/mol. The van der Waals surface area contributed by atoms with Gasteiger partial charge in [0.2, 0.25) is 5.82 Å². The summed E-state index contributed by atoms with van der Waals surface area (Å²) in [6, 6.07) is 5.64. The monoisotopic (exact) mass is 360 g/mol. The van der Waals surface area contributed by atoms with Gasteiger partial charge >= 0.3 is 5.97 Å².